The Balaban J connectivity index is 2.73. The zero-order chi connectivity index (χ0) is 10.1. The molecular weight excluding hydrogens is 194 g/mol. The van der Waals surface area contributed by atoms with Gasteiger partial charge in [-0.25, -0.2) is 0 Å². The van der Waals surface area contributed by atoms with Crippen LogP contribution in [0.3, 0.4) is 0 Å². The van der Waals surface area contributed by atoms with E-state index in [9.17, 15) is 0 Å². The molecule has 0 atom stereocenters. The summed E-state index contributed by atoms with van der Waals surface area (Å²) in [5, 5.41) is 3.85. The summed E-state index contributed by atoms with van der Waals surface area (Å²) in [6.45, 7) is 12.0. The third kappa shape index (κ3) is 2.64. The molecule has 1 aromatic heterocycles. The zero-order valence-electron chi connectivity index (χ0n) is 9.22. The fourth-order valence-electron chi connectivity index (χ4n) is 0.984. The minimum atomic E-state index is -1.16. The molecule has 1 aromatic rings. The van der Waals surface area contributed by atoms with Crippen molar-refractivity contribution in [1.29, 1.82) is 0 Å². The highest BCUT2D eigenvalue weighted by Crippen LogP contribution is 2.38. The molecule has 13 heavy (non-hydrogen) atoms. The van der Waals surface area contributed by atoms with Crippen molar-refractivity contribution in [2.45, 2.75) is 44.9 Å². The molecule has 0 aliphatic heterocycles. The van der Waals surface area contributed by atoms with Gasteiger partial charge in [-0.15, -0.1) is 11.3 Å². The molecule has 0 amide bonds. The van der Waals surface area contributed by atoms with Gasteiger partial charge in [-0.2, -0.15) is 0 Å². The van der Waals surface area contributed by atoms with Gasteiger partial charge in [0.25, 0.3) is 0 Å². The highest BCUT2D eigenvalue weighted by molar-refractivity contribution is 7.10. The van der Waals surface area contributed by atoms with Crippen molar-refractivity contribution < 1.29 is 0 Å². The molecule has 0 N–H and O–H groups in total. The molecule has 0 unspecified atom stereocenters. The largest absolute Gasteiger partial charge is 0.250 e. The van der Waals surface area contributed by atoms with Gasteiger partial charge in [0.05, 0.1) is 13.1 Å². The summed E-state index contributed by atoms with van der Waals surface area (Å²) >= 11 is 1.79. The van der Waals surface area contributed by atoms with Crippen LogP contribution in [0.25, 0.3) is 0 Å². The maximum atomic E-state index is 4.37. The van der Waals surface area contributed by atoms with Crippen LogP contribution in [-0.2, 0) is 6.04 Å². The lowest BCUT2D eigenvalue weighted by atomic mass is 10.2. The van der Waals surface area contributed by atoms with Crippen LogP contribution in [0.15, 0.2) is 11.6 Å². The van der Waals surface area contributed by atoms with Crippen LogP contribution in [-0.4, -0.2) is 13.1 Å². The minimum Gasteiger partial charge on any atom is -0.250 e. The normalized spacial score (nSPS) is 13.3. The Kier molecular flexibility index (Phi) is 2.97. The van der Waals surface area contributed by atoms with Crippen molar-refractivity contribution in [3.8, 4) is 0 Å². The number of hydrogen-bond donors (Lipinski definition) is 0. The lowest BCUT2D eigenvalue weighted by Crippen LogP contribution is -2.39. The van der Waals surface area contributed by atoms with Crippen molar-refractivity contribution >= 4 is 19.4 Å². The molecule has 0 fully saturated rings. The molecule has 74 valence electrons. The molecule has 0 saturated carbocycles. The lowest BCUT2D eigenvalue weighted by molar-refractivity contribution is 0.713. The zero-order valence-corrected chi connectivity index (χ0v) is 11.0. The molecule has 0 bridgehead atoms. The summed E-state index contributed by atoms with van der Waals surface area (Å²) in [6, 6.07) is 1.22. The van der Waals surface area contributed by atoms with Crippen molar-refractivity contribution in [1.82, 2.24) is 4.98 Å². The Morgan fingerprint density at radius 3 is 2.38 bits per heavy atom. The summed E-state index contributed by atoms with van der Waals surface area (Å²) in [5.41, 5.74) is 0. The maximum absolute atomic E-state index is 4.37. The smallest absolute Gasteiger partial charge is 0.0898 e. The maximum Gasteiger partial charge on any atom is 0.0898 e. The average molecular weight is 213 g/mol. The van der Waals surface area contributed by atoms with Gasteiger partial charge < -0.3 is 0 Å². The van der Waals surface area contributed by atoms with E-state index < -0.39 is 8.07 Å². The Morgan fingerprint density at radius 1 is 1.38 bits per heavy atom. The SMILES string of the molecule is CC(C)(C)[Si](C)(C)Cc1nccs1. The van der Waals surface area contributed by atoms with Gasteiger partial charge in [-0.1, -0.05) is 33.9 Å². The molecule has 0 spiro atoms. The Morgan fingerprint density at radius 2 is 2.00 bits per heavy atom. The number of thiazole rings is 1. The molecule has 1 nitrogen and oxygen atoms in total. The molecule has 1 rings (SSSR count). The second kappa shape index (κ2) is 3.54. The first-order chi connectivity index (χ1) is 5.83. The fraction of sp³-hybridized carbons (Fsp3) is 0.700. The molecule has 0 radical (unpaired) electrons. The Bertz CT molecular complexity index is 259. The third-order valence-electron chi connectivity index (χ3n) is 3.11. The second-order valence-corrected chi connectivity index (χ2v) is 11.8. The van der Waals surface area contributed by atoms with Crippen LogP contribution in [0.4, 0.5) is 0 Å². The first-order valence-electron chi connectivity index (χ1n) is 4.71. The predicted octanol–water partition coefficient (Wildman–Crippen LogP) is 3.73. The van der Waals surface area contributed by atoms with Gasteiger partial charge in [-0.05, 0) is 11.1 Å². The van der Waals surface area contributed by atoms with E-state index in [0.29, 0.717) is 5.04 Å². The highest BCUT2D eigenvalue weighted by atomic mass is 32.1. The van der Waals surface area contributed by atoms with E-state index in [0.717, 1.165) is 0 Å². The quantitative estimate of drug-likeness (QED) is 0.682. The summed E-state index contributed by atoms with van der Waals surface area (Å²) in [4.78, 5) is 4.37. The number of nitrogens with zero attached hydrogens (tertiary/aromatic N) is 1. The topological polar surface area (TPSA) is 12.9 Å². The van der Waals surface area contributed by atoms with Crippen LogP contribution >= 0.6 is 11.3 Å². The van der Waals surface area contributed by atoms with E-state index >= 15 is 0 Å². The molecule has 3 heteroatoms. The molecular formula is C10H19NSSi. The number of rotatable bonds is 2. The summed E-state index contributed by atoms with van der Waals surface area (Å²) in [6.07, 6.45) is 1.91. The number of hydrogen-bond acceptors (Lipinski definition) is 2. The van der Waals surface area contributed by atoms with Gasteiger partial charge in [0.15, 0.2) is 0 Å². The standard InChI is InChI=1S/C10H19NSSi/c1-10(2,3)13(4,5)8-9-11-6-7-12-9/h6-7H,8H2,1-5H3. The van der Waals surface area contributed by atoms with E-state index in [4.69, 9.17) is 0 Å². The van der Waals surface area contributed by atoms with Gasteiger partial charge in [0, 0.05) is 11.6 Å². The minimum absolute atomic E-state index is 0.471. The Hall–Kier alpha value is -0.153. The first kappa shape index (κ1) is 10.9. The van der Waals surface area contributed by atoms with Crippen molar-refractivity contribution in [3.05, 3.63) is 16.6 Å². The van der Waals surface area contributed by atoms with E-state index in [2.05, 4.69) is 44.2 Å². The first-order valence-corrected chi connectivity index (χ1v) is 8.80. The average Bonchev–Trinajstić information content (AvgIpc) is 2.35. The fourth-order valence-corrected chi connectivity index (χ4v) is 4.18. The van der Waals surface area contributed by atoms with E-state index in [1.165, 1.54) is 11.1 Å². The molecule has 1 heterocycles. The summed E-state index contributed by atoms with van der Waals surface area (Å²) in [7, 11) is -1.16. The molecule has 0 aliphatic carbocycles. The van der Waals surface area contributed by atoms with Crippen molar-refractivity contribution in [2.24, 2.45) is 0 Å². The van der Waals surface area contributed by atoms with Crippen molar-refractivity contribution in [2.75, 3.05) is 0 Å². The molecule has 0 saturated heterocycles. The third-order valence-corrected chi connectivity index (χ3v) is 9.42. The summed E-state index contributed by atoms with van der Waals surface area (Å²) in [5.74, 6) is 0. The second-order valence-electron chi connectivity index (χ2n) is 5.24. The predicted molar refractivity (Wildman–Crippen MR) is 63.0 cm³/mol. The highest BCUT2D eigenvalue weighted by Gasteiger charge is 2.35. The van der Waals surface area contributed by atoms with Crippen LogP contribution in [0.2, 0.25) is 18.1 Å². The Labute approximate surface area is 86.2 Å². The lowest BCUT2D eigenvalue weighted by Gasteiger charge is -2.36. The van der Waals surface area contributed by atoms with Crippen LogP contribution in [0, 0.1) is 0 Å². The van der Waals surface area contributed by atoms with Crippen LogP contribution < -0.4 is 0 Å². The molecule has 0 aromatic carbocycles. The van der Waals surface area contributed by atoms with Crippen LogP contribution in [0.5, 0.6) is 0 Å². The van der Waals surface area contributed by atoms with Crippen LogP contribution in [0.1, 0.15) is 25.8 Å². The number of aromatic nitrogens is 1. The van der Waals surface area contributed by atoms with Gasteiger partial charge >= 0.3 is 0 Å². The van der Waals surface area contributed by atoms with Gasteiger partial charge in [-0.3, -0.25) is 4.98 Å². The van der Waals surface area contributed by atoms with Gasteiger partial charge in [0.1, 0.15) is 0 Å². The monoisotopic (exact) mass is 213 g/mol. The van der Waals surface area contributed by atoms with E-state index in [-0.39, 0.29) is 0 Å². The van der Waals surface area contributed by atoms with E-state index in [1.807, 2.05) is 6.20 Å². The van der Waals surface area contributed by atoms with E-state index in [1.54, 1.807) is 11.3 Å². The molecule has 0 aliphatic rings. The summed E-state index contributed by atoms with van der Waals surface area (Å²) < 4.78 is 0. The van der Waals surface area contributed by atoms with Gasteiger partial charge in [0.2, 0.25) is 0 Å². The van der Waals surface area contributed by atoms with Crippen molar-refractivity contribution in [3.63, 3.8) is 0 Å².